The van der Waals surface area contributed by atoms with Crippen LogP contribution >= 0.6 is 35.0 Å². The number of hydrogen-bond acceptors (Lipinski definition) is 5. The summed E-state index contributed by atoms with van der Waals surface area (Å²) in [7, 11) is 0. The molecule has 0 spiro atoms. The van der Waals surface area contributed by atoms with Gasteiger partial charge < -0.3 is 0 Å². The van der Waals surface area contributed by atoms with Crippen molar-refractivity contribution in [3.63, 3.8) is 0 Å². The molecule has 0 saturated heterocycles. The summed E-state index contributed by atoms with van der Waals surface area (Å²) in [4.78, 5) is 8.71. The average Bonchev–Trinajstić information content (AvgIpc) is 3.06. The van der Waals surface area contributed by atoms with Crippen LogP contribution in [0.2, 0.25) is 10.0 Å². The molecular weight excluding hydrogens is 389 g/mol. The maximum Gasteiger partial charge on any atom is 0.183 e. The highest BCUT2D eigenvalue weighted by atomic mass is 35.5. The number of thioether (sulfide) groups is 1. The zero-order valence-corrected chi connectivity index (χ0v) is 15.8. The molecule has 4 aromatic rings. The fraction of sp³-hybridized carbons (Fsp3) is 0.111. The van der Waals surface area contributed by atoms with E-state index in [1.807, 2.05) is 48.5 Å². The van der Waals surface area contributed by atoms with Crippen molar-refractivity contribution < 1.29 is 0 Å². The van der Waals surface area contributed by atoms with Crippen LogP contribution in [0, 0.1) is 0 Å². The van der Waals surface area contributed by atoms with E-state index in [0.29, 0.717) is 28.5 Å². The molecule has 8 heteroatoms. The summed E-state index contributed by atoms with van der Waals surface area (Å²) in [5.41, 5.74) is 3.53. The fourth-order valence-electron chi connectivity index (χ4n) is 2.51. The number of benzene rings is 2. The molecule has 0 N–H and O–H groups in total. The van der Waals surface area contributed by atoms with Gasteiger partial charge in [-0.2, -0.15) is 0 Å². The number of nitrogens with zero attached hydrogens (tertiary/aromatic N) is 5. The van der Waals surface area contributed by atoms with Crippen LogP contribution in [0.25, 0.3) is 11.2 Å². The van der Waals surface area contributed by atoms with Crippen molar-refractivity contribution in [3.05, 3.63) is 76.0 Å². The van der Waals surface area contributed by atoms with E-state index in [-0.39, 0.29) is 0 Å². The van der Waals surface area contributed by atoms with E-state index < -0.39 is 0 Å². The summed E-state index contributed by atoms with van der Waals surface area (Å²) in [5, 5.41) is 10.8. The molecule has 2 heterocycles. The van der Waals surface area contributed by atoms with Crippen LogP contribution in [-0.4, -0.2) is 25.0 Å². The Morgan fingerprint density at radius 3 is 2.58 bits per heavy atom. The zero-order chi connectivity index (χ0) is 17.9. The van der Waals surface area contributed by atoms with Crippen LogP contribution in [0.15, 0.2) is 59.9 Å². The molecule has 5 nitrogen and oxygen atoms in total. The molecule has 2 aromatic carbocycles. The first-order valence-corrected chi connectivity index (χ1v) is 9.60. The summed E-state index contributed by atoms with van der Waals surface area (Å²) in [6.45, 7) is 0.569. The van der Waals surface area contributed by atoms with Crippen LogP contribution < -0.4 is 0 Å². The normalized spacial score (nSPS) is 11.2. The molecular formula is C18H13Cl2N5S. The van der Waals surface area contributed by atoms with E-state index in [4.69, 9.17) is 23.2 Å². The van der Waals surface area contributed by atoms with Crippen LogP contribution in [-0.2, 0) is 12.3 Å². The highest BCUT2D eigenvalue weighted by molar-refractivity contribution is 7.98. The van der Waals surface area contributed by atoms with Crippen molar-refractivity contribution in [2.75, 3.05) is 0 Å². The Hall–Kier alpha value is -2.15. The standard InChI is InChI=1S/C18H13Cl2N5S/c19-14-7-5-12(6-8-14)9-25-17-16(23-24-25)18(22-11-21-17)26-10-13-3-1-2-4-15(13)20/h1-8,11H,9-10H2. The van der Waals surface area contributed by atoms with Gasteiger partial charge in [0.15, 0.2) is 11.2 Å². The van der Waals surface area contributed by atoms with Crippen LogP contribution in [0.5, 0.6) is 0 Å². The predicted molar refractivity (Wildman–Crippen MR) is 105 cm³/mol. The van der Waals surface area contributed by atoms with Gasteiger partial charge in [0.2, 0.25) is 0 Å². The van der Waals surface area contributed by atoms with Crippen LogP contribution in [0.1, 0.15) is 11.1 Å². The van der Waals surface area contributed by atoms with Crippen LogP contribution in [0.3, 0.4) is 0 Å². The SMILES string of the molecule is Clc1ccc(Cn2nnc3c(SCc4ccccc4Cl)ncnc32)cc1. The molecule has 0 atom stereocenters. The second-order valence-corrected chi connectivity index (χ2v) is 7.41. The van der Waals surface area contributed by atoms with Crippen molar-refractivity contribution in [1.82, 2.24) is 25.0 Å². The minimum absolute atomic E-state index is 0.569. The maximum absolute atomic E-state index is 6.23. The van der Waals surface area contributed by atoms with Gasteiger partial charge in [-0.3, -0.25) is 0 Å². The quantitative estimate of drug-likeness (QED) is 0.352. The number of fused-ring (bicyclic) bond motifs is 1. The molecule has 0 amide bonds. The second kappa shape index (κ2) is 7.61. The van der Waals surface area contributed by atoms with Gasteiger partial charge in [0.25, 0.3) is 0 Å². The highest BCUT2D eigenvalue weighted by Gasteiger charge is 2.13. The van der Waals surface area contributed by atoms with Gasteiger partial charge in [-0.05, 0) is 29.3 Å². The summed E-state index contributed by atoms with van der Waals surface area (Å²) >= 11 is 13.7. The molecule has 26 heavy (non-hydrogen) atoms. The van der Waals surface area contributed by atoms with Gasteiger partial charge in [0.1, 0.15) is 11.4 Å². The van der Waals surface area contributed by atoms with E-state index >= 15 is 0 Å². The van der Waals surface area contributed by atoms with Gasteiger partial charge in [-0.15, -0.1) is 5.10 Å². The van der Waals surface area contributed by atoms with Gasteiger partial charge in [-0.1, -0.05) is 70.5 Å². The molecule has 0 radical (unpaired) electrons. The smallest absolute Gasteiger partial charge is 0.183 e. The predicted octanol–water partition coefficient (Wildman–Crippen LogP) is 4.87. The first kappa shape index (κ1) is 17.3. The number of hydrogen-bond donors (Lipinski definition) is 0. The van der Waals surface area contributed by atoms with E-state index in [1.165, 1.54) is 0 Å². The number of aromatic nitrogens is 5. The first-order valence-electron chi connectivity index (χ1n) is 7.85. The molecule has 0 aliphatic rings. The lowest BCUT2D eigenvalue weighted by Gasteiger charge is -2.04. The van der Waals surface area contributed by atoms with Gasteiger partial charge in [-0.25, -0.2) is 14.6 Å². The monoisotopic (exact) mass is 401 g/mol. The Bertz CT molecular complexity index is 1050. The van der Waals surface area contributed by atoms with Crippen molar-refractivity contribution in [2.24, 2.45) is 0 Å². The summed E-state index contributed by atoms with van der Waals surface area (Å²) < 4.78 is 1.76. The van der Waals surface area contributed by atoms with Gasteiger partial charge in [0, 0.05) is 15.8 Å². The van der Waals surface area contributed by atoms with E-state index in [2.05, 4.69) is 20.3 Å². The molecule has 4 rings (SSSR count). The summed E-state index contributed by atoms with van der Waals surface area (Å²) in [5.74, 6) is 0.704. The molecule has 0 bridgehead atoms. The Kier molecular flexibility index (Phi) is 5.06. The molecule has 0 saturated carbocycles. The largest absolute Gasteiger partial charge is 0.227 e. The lowest BCUT2D eigenvalue weighted by molar-refractivity contribution is 0.664. The van der Waals surface area contributed by atoms with E-state index in [1.54, 1.807) is 22.8 Å². The van der Waals surface area contributed by atoms with Crippen molar-refractivity contribution in [2.45, 2.75) is 17.3 Å². The third-order valence-corrected chi connectivity index (χ3v) is 5.48. The lowest BCUT2D eigenvalue weighted by atomic mass is 10.2. The Labute approximate surface area is 164 Å². The third-order valence-electron chi connectivity index (χ3n) is 3.83. The number of halogens is 2. The Morgan fingerprint density at radius 2 is 1.77 bits per heavy atom. The minimum atomic E-state index is 0.569. The van der Waals surface area contributed by atoms with Crippen molar-refractivity contribution in [3.8, 4) is 0 Å². The average molecular weight is 402 g/mol. The van der Waals surface area contributed by atoms with Gasteiger partial charge in [0.05, 0.1) is 6.54 Å². The molecule has 130 valence electrons. The van der Waals surface area contributed by atoms with Crippen molar-refractivity contribution in [1.29, 1.82) is 0 Å². The molecule has 0 unspecified atom stereocenters. The summed E-state index contributed by atoms with van der Waals surface area (Å²) in [6, 6.07) is 15.4. The molecule has 0 aliphatic carbocycles. The van der Waals surface area contributed by atoms with E-state index in [0.717, 1.165) is 21.2 Å². The maximum atomic E-state index is 6.23. The zero-order valence-electron chi connectivity index (χ0n) is 13.5. The van der Waals surface area contributed by atoms with Crippen LogP contribution in [0.4, 0.5) is 0 Å². The lowest BCUT2D eigenvalue weighted by Crippen LogP contribution is -2.03. The third kappa shape index (κ3) is 3.67. The summed E-state index contributed by atoms with van der Waals surface area (Å²) in [6.07, 6.45) is 1.54. The van der Waals surface area contributed by atoms with Crippen molar-refractivity contribution >= 4 is 46.1 Å². The molecule has 0 aliphatic heterocycles. The second-order valence-electron chi connectivity index (χ2n) is 5.60. The first-order chi connectivity index (χ1) is 12.7. The fourth-order valence-corrected chi connectivity index (χ4v) is 3.85. The Morgan fingerprint density at radius 1 is 0.962 bits per heavy atom. The Balaban J connectivity index is 1.58. The van der Waals surface area contributed by atoms with E-state index in [9.17, 15) is 0 Å². The van der Waals surface area contributed by atoms with Gasteiger partial charge >= 0.3 is 0 Å². The highest BCUT2D eigenvalue weighted by Crippen LogP contribution is 2.28. The minimum Gasteiger partial charge on any atom is -0.227 e. The topological polar surface area (TPSA) is 56.5 Å². The molecule has 0 fully saturated rings. The molecule has 2 aromatic heterocycles. The number of rotatable bonds is 5.